The van der Waals surface area contributed by atoms with Crippen LogP contribution < -0.4 is 9.47 Å². The maximum absolute atomic E-state index is 12.5. The molecule has 1 fully saturated rings. The quantitative estimate of drug-likeness (QED) is 0.727. The Kier molecular flexibility index (Phi) is 5.93. The minimum Gasteiger partial charge on any atom is -0.507 e. The molecule has 0 saturated carbocycles. The Balaban J connectivity index is 1.69. The van der Waals surface area contributed by atoms with Gasteiger partial charge in [-0.3, -0.25) is 14.5 Å². The van der Waals surface area contributed by atoms with E-state index in [0.29, 0.717) is 22.1 Å². The summed E-state index contributed by atoms with van der Waals surface area (Å²) >= 11 is 6.82. The van der Waals surface area contributed by atoms with Crippen molar-refractivity contribution in [3.05, 3.63) is 58.0 Å². The number of benzene rings is 2. The third-order valence-corrected chi connectivity index (χ3v) is 5.02. The molecule has 0 bridgehead atoms. The lowest BCUT2D eigenvalue weighted by Gasteiger charge is -2.13. The number of halogens is 1. The number of phenolic OH excluding ortho intramolecular Hbond substituents is 1. The monoisotopic (exact) mass is 405 g/mol. The van der Waals surface area contributed by atoms with E-state index in [4.69, 9.17) is 21.1 Å². The molecule has 1 saturated heterocycles. The van der Waals surface area contributed by atoms with Crippen LogP contribution in [-0.2, 0) is 4.79 Å². The molecule has 1 N–H and O–H groups in total. The first-order valence-electron chi connectivity index (χ1n) is 7.99. The van der Waals surface area contributed by atoms with Crippen LogP contribution in [0.2, 0.25) is 5.02 Å². The van der Waals surface area contributed by atoms with E-state index >= 15 is 0 Å². The Morgan fingerprint density at radius 1 is 1.22 bits per heavy atom. The molecule has 27 heavy (non-hydrogen) atoms. The predicted octanol–water partition coefficient (Wildman–Crippen LogP) is 4.17. The standard InChI is InChI=1S/C19H16ClNO5S/c1-25-13-6-7-15(22)12(10-13)11-17-18(23)21(19(24)27-17)8-9-26-16-5-3-2-4-14(16)20/h2-7,10-11,22H,8-9H2,1H3/b17-11-. The highest BCUT2D eigenvalue weighted by Gasteiger charge is 2.35. The van der Waals surface area contributed by atoms with Gasteiger partial charge < -0.3 is 14.6 Å². The SMILES string of the molecule is COc1ccc(O)c(/C=C2\SC(=O)N(CCOc3ccccc3Cl)C2=O)c1. The first kappa shape index (κ1) is 19.1. The molecular formula is C19H16ClNO5S. The lowest BCUT2D eigenvalue weighted by atomic mass is 10.1. The average Bonchev–Trinajstić information content (AvgIpc) is 2.92. The second-order valence-corrected chi connectivity index (χ2v) is 6.94. The normalized spacial score (nSPS) is 15.5. The van der Waals surface area contributed by atoms with Crippen molar-refractivity contribution in [1.29, 1.82) is 0 Å². The van der Waals surface area contributed by atoms with Crippen LogP contribution in [-0.4, -0.2) is 41.4 Å². The maximum Gasteiger partial charge on any atom is 0.293 e. The minimum atomic E-state index is -0.435. The molecule has 2 aromatic carbocycles. The van der Waals surface area contributed by atoms with Gasteiger partial charge in [-0.1, -0.05) is 23.7 Å². The van der Waals surface area contributed by atoms with Gasteiger partial charge in [-0.25, -0.2) is 0 Å². The van der Waals surface area contributed by atoms with E-state index in [1.54, 1.807) is 36.4 Å². The van der Waals surface area contributed by atoms with Gasteiger partial charge in [-0.2, -0.15) is 0 Å². The van der Waals surface area contributed by atoms with Crippen molar-refractivity contribution in [1.82, 2.24) is 4.90 Å². The van der Waals surface area contributed by atoms with Crippen molar-refractivity contribution in [3.8, 4) is 17.2 Å². The minimum absolute atomic E-state index is 0.00958. The van der Waals surface area contributed by atoms with Crippen LogP contribution in [0.25, 0.3) is 6.08 Å². The molecule has 6 nitrogen and oxygen atoms in total. The summed E-state index contributed by atoms with van der Waals surface area (Å²) in [6.07, 6.45) is 1.47. The molecule has 1 aliphatic rings. The second-order valence-electron chi connectivity index (χ2n) is 5.54. The van der Waals surface area contributed by atoms with Crippen molar-refractivity contribution in [3.63, 3.8) is 0 Å². The van der Waals surface area contributed by atoms with Gasteiger partial charge in [-0.05, 0) is 48.2 Å². The number of nitrogens with zero attached hydrogens (tertiary/aromatic N) is 1. The molecule has 2 amide bonds. The maximum atomic E-state index is 12.5. The van der Waals surface area contributed by atoms with Gasteiger partial charge in [0, 0.05) is 5.56 Å². The number of phenols is 1. The number of carbonyl (C=O) groups is 2. The molecule has 2 aromatic rings. The summed E-state index contributed by atoms with van der Waals surface area (Å²) in [5, 5.41) is 10.0. The Labute approximate surface area is 165 Å². The van der Waals surface area contributed by atoms with Crippen molar-refractivity contribution >= 4 is 40.6 Å². The predicted molar refractivity (Wildman–Crippen MR) is 104 cm³/mol. The van der Waals surface area contributed by atoms with Crippen LogP contribution >= 0.6 is 23.4 Å². The van der Waals surface area contributed by atoms with E-state index in [0.717, 1.165) is 16.7 Å². The van der Waals surface area contributed by atoms with Crippen molar-refractivity contribution < 1.29 is 24.2 Å². The average molecular weight is 406 g/mol. The third-order valence-electron chi connectivity index (χ3n) is 3.80. The number of aromatic hydroxyl groups is 1. The molecule has 0 aliphatic carbocycles. The molecule has 3 rings (SSSR count). The Hall–Kier alpha value is -2.64. The van der Waals surface area contributed by atoms with Gasteiger partial charge in [0.1, 0.15) is 23.9 Å². The van der Waals surface area contributed by atoms with E-state index in [9.17, 15) is 14.7 Å². The van der Waals surface area contributed by atoms with E-state index < -0.39 is 11.1 Å². The Morgan fingerprint density at radius 3 is 2.74 bits per heavy atom. The molecular weight excluding hydrogens is 390 g/mol. The number of rotatable bonds is 6. The van der Waals surface area contributed by atoms with E-state index in [1.807, 2.05) is 0 Å². The lowest BCUT2D eigenvalue weighted by Crippen LogP contribution is -2.32. The summed E-state index contributed by atoms with van der Waals surface area (Å²) in [4.78, 5) is 26.0. The first-order chi connectivity index (χ1) is 13.0. The van der Waals surface area contributed by atoms with Crippen LogP contribution in [0, 0.1) is 0 Å². The number of para-hydroxylation sites is 1. The van der Waals surface area contributed by atoms with Gasteiger partial charge in [0.05, 0.1) is 23.6 Å². The number of thioether (sulfide) groups is 1. The molecule has 0 atom stereocenters. The van der Waals surface area contributed by atoms with Crippen LogP contribution in [0.5, 0.6) is 17.2 Å². The van der Waals surface area contributed by atoms with Crippen LogP contribution in [0.4, 0.5) is 4.79 Å². The number of ether oxygens (including phenoxy) is 2. The molecule has 0 radical (unpaired) electrons. The van der Waals surface area contributed by atoms with Gasteiger partial charge in [0.25, 0.3) is 11.1 Å². The lowest BCUT2D eigenvalue weighted by molar-refractivity contribution is -0.123. The van der Waals surface area contributed by atoms with Crippen LogP contribution in [0.1, 0.15) is 5.56 Å². The number of hydrogen-bond acceptors (Lipinski definition) is 6. The zero-order chi connectivity index (χ0) is 19.4. The highest BCUT2D eigenvalue weighted by atomic mass is 35.5. The van der Waals surface area contributed by atoms with E-state index in [2.05, 4.69) is 0 Å². The highest BCUT2D eigenvalue weighted by molar-refractivity contribution is 8.18. The van der Waals surface area contributed by atoms with Crippen molar-refractivity contribution in [2.45, 2.75) is 0 Å². The van der Waals surface area contributed by atoms with Crippen molar-refractivity contribution in [2.24, 2.45) is 0 Å². The molecule has 140 valence electrons. The topological polar surface area (TPSA) is 76.1 Å². The summed E-state index contributed by atoms with van der Waals surface area (Å²) in [5.41, 5.74) is 0.396. The number of amides is 2. The van der Waals surface area contributed by atoms with E-state index in [1.165, 1.54) is 19.3 Å². The summed E-state index contributed by atoms with van der Waals surface area (Å²) in [6, 6.07) is 11.6. The summed E-state index contributed by atoms with van der Waals surface area (Å²) < 4.78 is 10.6. The van der Waals surface area contributed by atoms with Crippen molar-refractivity contribution in [2.75, 3.05) is 20.3 Å². The number of imide groups is 1. The molecule has 8 heteroatoms. The smallest absolute Gasteiger partial charge is 0.293 e. The fourth-order valence-electron chi connectivity index (χ4n) is 2.42. The number of carbonyl (C=O) groups excluding carboxylic acids is 2. The summed E-state index contributed by atoms with van der Waals surface area (Å²) in [5.74, 6) is 0.578. The Bertz CT molecular complexity index is 915. The zero-order valence-corrected chi connectivity index (χ0v) is 15.9. The second kappa shape index (κ2) is 8.37. The van der Waals surface area contributed by atoms with E-state index in [-0.39, 0.29) is 23.8 Å². The molecule has 1 heterocycles. The number of hydrogen-bond donors (Lipinski definition) is 1. The molecule has 0 spiro atoms. The number of methoxy groups -OCH3 is 1. The molecule has 0 unspecified atom stereocenters. The van der Waals surface area contributed by atoms with Crippen LogP contribution in [0.3, 0.4) is 0 Å². The zero-order valence-electron chi connectivity index (χ0n) is 14.3. The Morgan fingerprint density at radius 2 is 2.00 bits per heavy atom. The van der Waals surface area contributed by atoms with Crippen LogP contribution in [0.15, 0.2) is 47.4 Å². The van der Waals surface area contributed by atoms with Gasteiger partial charge in [0.2, 0.25) is 0 Å². The molecule has 1 aliphatic heterocycles. The molecule has 0 aromatic heterocycles. The highest BCUT2D eigenvalue weighted by Crippen LogP contribution is 2.34. The first-order valence-corrected chi connectivity index (χ1v) is 9.18. The third kappa shape index (κ3) is 4.37. The van der Waals surface area contributed by atoms with Gasteiger partial charge in [-0.15, -0.1) is 0 Å². The fourth-order valence-corrected chi connectivity index (χ4v) is 3.46. The summed E-state index contributed by atoms with van der Waals surface area (Å²) in [6.45, 7) is 0.219. The fraction of sp³-hybridized carbons (Fsp3) is 0.158. The van der Waals surface area contributed by atoms with Gasteiger partial charge >= 0.3 is 0 Å². The summed E-state index contributed by atoms with van der Waals surface area (Å²) in [7, 11) is 1.50. The van der Waals surface area contributed by atoms with Gasteiger partial charge in [0.15, 0.2) is 0 Å². The largest absolute Gasteiger partial charge is 0.507 e.